The van der Waals surface area contributed by atoms with Crippen molar-refractivity contribution in [1.29, 1.82) is 0 Å². The molecule has 0 bridgehead atoms. The maximum atomic E-state index is 13.5. The lowest BCUT2D eigenvalue weighted by atomic mass is 10.2. The summed E-state index contributed by atoms with van der Waals surface area (Å²) in [6, 6.07) is 5.48. The molecule has 0 aromatic heterocycles. The van der Waals surface area contributed by atoms with Crippen molar-refractivity contribution in [2.24, 2.45) is 5.92 Å². The first kappa shape index (κ1) is 11.2. The molecule has 1 aliphatic rings. The van der Waals surface area contributed by atoms with Gasteiger partial charge in [-0.05, 0) is 44.7 Å². The van der Waals surface area contributed by atoms with Crippen LogP contribution in [0, 0.1) is 11.7 Å². The summed E-state index contributed by atoms with van der Waals surface area (Å²) in [7, 11) is 0. The standard InChI is InChI=1S/C13H18FNO/c1-3-16-13-7-6-11(8-12(13)14)15-9(2)10-4-5-10/h6-10,15H,3-5H2,1-2H3. The van der Waals surface area contributed by atoms with Crippen LogP contribution in [0.15, 0.2) is 18.2 Å². The third-order valence-corrected chi connectivity index (χ3v) is 2.96. The van der Waals surface area contributed by atoms with Gasteiger partial charge in [0, 0.05) is 17.8 Å². The quantitative estimate of drug-likeness (QED) is 0.825. The van der Waals surface area contributed by atoms with Crippen LogP contribution in [0.3, 0.4) is 0 Å². The number of hydrogen-bond donors (Lipinski definition) is 1. The summed E-state index contributed by atoms with van der Waals surface area (Å²) in [5.41, 5.74) is 0.834. The number of anilines is 1. The molecule has 0 spiro atoms. The Morgan fingerprint density at radius 3 is 2.81 bits per heavy atom. The van der Waals surface area contributed by atoms with Crippen LogP contribution in [-0.2, 0) is 0 Å². The molecule has 0 saturated heterocycles. The van der Waals surface area contributed by atoms with E-state index < -0.39 is 0 Å². The Balaban J connectivity index is 2.01. The van der Waals surface area contributed by atoms with Crippen LogP contribution in [0.5, 0.6) is 5.75 Å². The normalized spacial score (nSPS) is 16.9. The molecular weight excluding hydrogens is 205 g/mol. The molecule has 2 nitrogen and oxygen atoms in total. The minimum Gasteiger partial charge on any atom is -0.491 e. The van der Waals surface area contributed by atoms with Gasteiger partial charge in [0.1, 0.15) is 0 Å². The minimum atomic E-state index is -0.296. The highest BCUT2D eigenvalue weighted by molar-refractivity contribution is 5.48. The van der Waals surface area contributed by atoms with Gasteiger partial charge in [0.05, 0.1) is 6.61 Å². The molecular formula is C13H18FNO. The number of hydrogen-bond acceptors (Lipinski definition) is 2. The summed E-state index contributed by atoms with van der Waals surface area (Å²) >= 11 is 0. The van der Waals surface area contributed by atoms with E-state index in [0.717, 1.165) is 11.6 Å². The fourth-order valence-electron chi connectivity index (χ4n) is 1.84. The molecule has 1 saturated carbocycles. The Hall–Kier alpha value is -1.25. The maximum absolute atomic E-state index is 13.5. The Kier molecular flexibility index (Phi) is 3.32. The number of halogens is 1. The van der Waals surface area contributed by atoms with E-state index in [0.29, 0.717) is 18.4 Å². The van der Waals surface area contributed by atoms with Crippen LogP contribution in [-0.4, -0.2) is 12.6 Å². The molecule has 1 aromatic rings. The van der Waals surface area contributed by atoms with Gasteiger partial charge in [-0.3, -0.25) is 0 Å². The molecule has 0 radical (unpaired) electrons. The molecule has 0 heterocycles. The van der Waals surface area contributed by atoms with E-state index in [1.807, 2.05) is 13.0 Å². The van der Waals surface area contributed by atoms with Crippen molar-refractivity contribution in [1.82, 2.24) is 0 Å². The molecule has 1 aromatic carbocycles. The van der Waals surface area contributed by atoms with Crippen LogP contribution in [0.1, 0.15) is 26.7 Å². The minimum absolute atomic E-state index is 0.296. The number of nitrogens with one attached hydrogen (secondary N) is 1. The third-order valence-electron chi connectivity index (χ3n) is 2.96. The summed E-state index contributed by atoms with van der Waals surface area (Å²) in [6.07, 6.45) is 2.57. The van der Waals surface area contributed by atoms with Crippen molar-refractivity contribution in [3.63, 3.8) is 0 Å². The zero-order valence-electron chi connectivity index (χ0n) is 9.79. The number of benzene rings is 1. The van der Waals surface area contributed by atoms with Gasteiger partial charge in [0.15, 0.2) is 11.6 Å². The van der Waals surface area contributed by atoms with Crippen LogP contribution in [0.4, 0.5) is 10.1 Å². The summed E-state index contributed by atoms with van der Waals surface area (Å²) in [5.74, 6) is 0.789. The molecule has 88 valence electrons. The molecule has 0 aliphatic heterocycles. The monoisotopic (exact) mass is 223 g/mol. The fourth-order valence-corrected chi connectivity index (χ4v) is 1.84. The second kappa shape index (κ2) is 4.73. The Morgan fingerprint density at radius 1 is 1.50 bits per heavy atom. The van der Waals surface area contributed by atoms with Gasteiger partial charge in [0.25, 0.3) is 0 Å². The van der Waals surface area contributed by atoms with E-state index in [2.05, 4.69) is 12.2 Å². The van der Waals surface area contributed by atoms with Gasteiger partial charge >= 0.3 is 0 Å². The van der Waals surface area contributed by atoms with E-state index in [1.165, 1.54) is 18.9 Å². The lowest BCUT2D eigenvalue weighted by molar-refractivity contribution is 0.321. The van der Waals surface area contributed by atoms with Crippen LogP contribution < -0.4 is 10.1 Å². The van der Waals surface area contributed by atoms with Gasteiger partial charge in [-0.15, -0.1) is 0 Å². The average molecular weight is 223 g/mol. The Bertz CT molecular complexity index is 363. The first-order valence-corrected chi connectivity index (χ1v) is 5.89. The molecule has 1 aliphatic carbocycles. The van der Waals surface area contributed by atoms with Crippen molar-refractivity contribution in [2.75, 3.05) is 11.9 Å². The van der Waals surface area contributed by atoms with Crippen LogP contribution >= 0.6 is 0 Å². The summed E-state index contributed by atoms with van der Waals surface area (Å²) in [6.45, 7) is 4.48. The van der Waals surface area contributed by atoms with Crippen molar-refractivity contribution in [2.45, 2.75) is 32.7 Å². The molecule has 16 heavy (non-hydrogen) atoms. The topological polar surface area (TPSA) is 21.3 Å². The zero-order chi connectivity index (χ0) is 11.5. The molecule has 3 heteroatoms. The molecule has 1 fully saturated rings. The molecule has 1 N–H and O–H groups in total. The fraction of sp³-hybridized carbons (Fsp3) is 0.538. The van der Waals surface area contributed by atoms with Crippen LogP contribution in [0.2, 0.25) is 0 Å². The average Bonchev–Trinajstić information content (AvgIpc) is 3.05. The van der Waals surface area contributed by atoms with Crippen molar-refractivity contribution < 1.29 is 9.13 Å². The first-order valence-electron chi connectivity index (χ1n) is 5.89. The molecule has 2 rings (SSSR count). The Morgan fingerprint density at radius 2 is 2.25 bits per heavy atom. The molecule has 1 unspecified atom stereocenters. The maximum Gasteiger partial charge on any atom is 0.167 e. The van der Waals surface area contributed by atoms with Crippen molar-refractivity contribution >= 4 is 5.69 Å². The van der Waals surface area contributed by atoms with E-state index in [9.17, 15) is 4.39 Å². The highest BCUT2D eigenvalue weighted by Crippen LogP contribution is 2.34. The SMILES string of the molecule is CCOc1ccc(NC(C)C2CC2)cc1F. The number of rotatable bonds is 5. The number of ether oxygens (including phenoxy) is 1. The lowest BCUT2D eigenvalue weighted by Gasteiger charge is -2.15. The van der Waals surface area contributed by atoms with Gasteiger partial charge in [0.2, 0.25) is 0 Å². The molecule has 1 atom stereocenters. The summed E-state index contributed by atoms with van der Waals surface area (Å²) in [5, 5.41) is 3.32. The lowest BCUT2D eigenvalue weighted by Crippen LogP contribution is -2.17. The second-order valence-electron chi connectivity index (χ2n) is 4.35. The van der Waals surface area contributed by atoms with Gasteiger partial charge < -0.3 is 10.1 Å². The molecule has 0 amide bonds. The van der Waals surface area contributed by atoms with E-state index in [1.54, 1.807) is 6.07 Å². The summed E-state index contributed by atoms with van der Waals surface area (Å²) in [4.78, 5) is 0. The van der Waals surface area contributed by atoms with E-state index in [4.69, 9.17) is 4.74 Å². The second-order valence-corrected chi connectivity index (χ2v) is 4.35. The van der Waals surface area contributed by atoms with Crippen molar-refractivity contribution in [3.8, 4) is 5.75 Å². The van der Waals surface area contributed by atoms with Gasteiger partial charge in [-0.2, -0.15) is 0 Å². The summed E-state index contributed by atoms with van der Waals surface area (Å²) < 4.78 is 18.7. The zero-order valence-corrected chi connectivity index (χ0v) is 9.79. The smallest absolute Gasteiger partial charge is 0.167 e. The van der Waals surface area contributed by atoms with E-state index in [-0.39, 0.29) is 5.82 Å². The largest absolute Gasteiger partial charge is 0.491 e. The highest BCUT2D eigenvalue weighted by Gasteiger charge is 2.27. The highest BCUT2D eigenvalue weighted by atomic mass is 19.1. The van der Waals surface area contributed by atoms with Gasteiger partial charge in [-0.25, -0.2) is 4.39 Å². The van der Waals surface area contributed by atoms with Crippen molar-refractivity contribution in [3.05, 3.63) is 24.0 Å². The first-order chi connectivity index (χ1) is 7.70. The third kappa shape index (κ3) is 2.65. The predicted molar refractivity (Wildman–Crippen MR) is 63.4 cm³/mol. The van der Waals surface area contributed by atoms with Crippen LogP contribution in [0.25, 0.3) is 0 Å². The van der Waals surface area contributed by atoms with Gasteiger partial charge in [-0.1, -0.05) is 0 Å². The predicted octanol–water partition coefficient (Wildman–Crippen LogP) is 3.43. The Labute approximate surface area is 95.8 Å². The van der Waals surface area contributed by atoms with E-state index >= 15 is 0 Å².